The van der Waals surface area contributed by atoms with Gasteiger partial charge in [-0.25, -0.2) is 4.39 Å². The highest BCUT2D eigenvalue weighted by Gasteiger charge is 2.28. The van der Waals surface area contributed by atoms with Gasteiger partial charge in [-0.05, 0) is 42.5 Å². The molecule has 0 unspecified atom stereocenters. The topological polar surface area (TPSA) is 53.8 Å². The van der Waals surface area contributed by atoms with Gasteiger partial charge in [0.15, 0.2) is 5.76 Å². The SMILES string of the molecule is O=C(c1cc2cc(Cl)ccc2o1)N1CCN(C(=O)c2ccc(F)cc2Cl)CC1. The zero-order valence-corrected chi connectivity index (χ0v) is 16.1. The number of furan rings is 1. The first kappa shape index (κ1) is 18.8. The second-order valence-corrected chi connectivity index (χ2v) is 7.35. The van der Waals surface area contributed by atoms with E-state index in [2.05, 4.69) is 0 Å². The number of carbonyl (C=O) groups is 2. The lowest BCUT2D eigenvalue weighted by molar-refractivity contribution is 0.0519. The van der Waals surface area contributed by atoms with Gasteiger partial charge in [0.2, 0.25) is 0 Å². The highest BCUT2D eigenvalue weighted by Crippen LogP contribution is 2.25. The van der Waals surface area contributed by atoms with Crippen molar-refractivity contribution in [2.75, 3.05) is 26.2 Å². The van der Waals surface area contributed by atoms with E-state index >= 15 is 0 Å². The summed E-state index contributed by atoms with van der Waals surface area (Å²) in [5.41, 5.74) is 0.838. The Morgan fingerprint density at radius 2 is 1.57 bits per heavy atom. The molecule has 0 saturated carbocycles. The summed E-state index contributed by atoms with van der Waals surface area (Å²) in [5, 5.41) is 1.40. The first-order valence-electron chi connectivity index (χ1n) is 8.65. The second kappa shape index (κ2) is 7.45. The van der Waals surface area contributed by atoms with Crippen LogP contribution in [0.25, 0.3) is 11.0 Å². The van der Waals surface area contributed by atoms with Gasteiger partial charge in [0, 0.05) is 36.6 Å². The number of amides is 2. The minimum absolute atomic E-state index is 0.0736. The zero-order chi connectivity index (χ0) is 19.8. The number of piperazine rings is 1. The molecule has 1 aromatic heterocycles. The molecular weight excluding hydrogens is 406 g/mol. The predicted molar refractivity (Wildman–Crippen MR) is 104 cm³/mol. The van der Waals surface area contributed by atoms with Gasteiger partial charge in [-0.2, -0.15) is 0 Å². The molecule has 3 aromatic rings. The fourth-order valence-electron chi connectivity index (χ4n) is 3.22. The van der Waals surface area contributed by atoms with Crippen molar-refractivity contribution in [2.24, 2.45) is 0 Å². The summed E-state index contributed by atoms with van der Waals surface area (Å²) in [7, 11) is 0. The summed E-state index contributed by atoms with van der Waals surface area (Å²) in [4.78, 5) is 28.6. The molecule has 2 amide bonds. The molecule has 1 aliphatic heterocycles. The summed E-state index contributed by atoms with van der Waals surface area (Å²) in [6, 6.07) is 10.5. The van der Waals surface area contributed by atoms with Crippen LogP contribution in [0.3, 0.4) is 0 Å². The molecular formula is C20H15Cl2FN2O3. The van der Waals surface area contributed by atoms with Gasteiger partial charge in [0.1, 0.15) is 11.4 Å². The largest absolute Gasteiger partial charge is 0.451 e. The van der Waals surface area contributed by atoms with Crippen molar-refractivity contribution >= 4 is 46.0 Å². The quantitative estimate of drug-likeness (QED) is 0.614. The smallest absolute Gasteiger partial charge is 0.289 e. The summed E-state index contributed by atoms with van der Waals surface area (Å²) < 4.78 is 18.8. The van der Waals surface area contributed by atoms with Gasteiger partial charge in [-0.1, -0.05) is 23.2 Å². The van der Waals surface area contributed by atoms with Crippen molar-refractivity contribution in [3.05, 3.63) is 69.7 Å². The summed E-state index contributed by atoms with van der Waals surface area (Å²) in [6.07, 6.45) is 0. The van der Waals surface area contributed by atoms with Crippen molar-refractivity contribution < 1.29 is 18.4 Å². The lowest BCUT2D eigenvalue weighted by atomic mass is 10.1. The third-order valence-corrected chi connectivity index (χ3v) is 5.25. The van der Waals surface area contributed by atoms with Crippen molar-refractivity contribution in [3.8, 4) is 0 Å². The lowest BCUT2D eigenvalue weighted by Gasteiger charge is -2.34. The molecule has 1 fully saturated rings. The number of hydrogen-bond acceptors (Lipinski definition) is 3. The summed E-state index contributed by atoms with van der Waals surface area (Å²) >= 11 is 11.9. The molecule has 0 N–H and O–H groups in total. The average molecular weight is 421 g/mol. The number of rotatable bonds is 2. The number of halogens is 3. The van der Waals surface area contributed by atoms with Crippen LogP contribution in [-0.4, -0.2) is 47.8 Å². The van der Waals surface area contributed by atoms with E-state index in [9.17, 15) is 14.0 Å². The van der Waals surface area contributed by atoms with E-state index in [0.717, 1.165) is 11.5 Å². The fraction of sp³-hybridized carbons (Fsp3) is 0.200. The standard InChI is InChI=1S/C20H15Cl2FN2O3/c21-13-1-4-17-12(9-13)10-18(28-17)20(27)25-7-5-24(6-8-25)19(26)15-3-2-14(23)11-16(15)22/h1-4,9-11H,5-8H2. The van der Waals surface area contributed by atoms with Crippen LogP contribution >= 0.6 is 23.2 Å². The van der Waals surface area contributed by atoms with Gasteiger partial charge in [-0.3, -0.25) is 9.59 Å². The van der Waals surface area contributed by atoms with Crippen LogP contribution in [0.5, 0.6) is 0 Å². The zero-order valence-electron chi connectivity index (χ0n) is 14.6. The van der Waals surface area contributed by atoms with Crippen molar-refractivity contribution in [3.63, 3.8) is 0 Å². The third-order valence-electron chi connectivity index (χ3n) is 4.70. The van der Waals surface area contributed by atoms with Gasteiger partial charge in [-0.15, -0.1) is 0 Å². The third kappa shape index (κ3) is 3.57. The number of carbonyl (C=O) groups excluding carboxylic acids is 2. The van der Waals surface area contributed by atoms with Crippen molar-refractivity contribution in [1.29, 1.82) is 0 Å². The van der Waals surface area contributed by atoms with Crippen LogP contribution in [0.15, 0.2) is 46.9 Å². The fourth-order valence-corrected chi connectivity index (χ4v) is 3.65. The maximum absolute atomic E-state index is 13.2. The van der Waals surface area contributed by atoms with Gasteiger partial charge >= 0.3 is 0 Å². The molecule has 1 aliphatic rings. The summed E-state index contributed by atoms with van der Waals surface area (Å²) in [6.45, 7) is 1.43. The van der Waals surface area contributed by atoms with Crippen LogP contribution in [0.1, 0.15) is 20.9 Å². The maximum Gasteiger partial charge on any atom is 0.289 e. The highest BCUT2D eigenvalue weighted by atomic mass is 35.5. The Bertz CT molecular complexity index is 1070. The van der Waals surface area contributed by atoms with E-state index < -0.39 is 5.82 Å². The highest BCUT2D eigenvalue weighted by molar-refractivity contribution is 6.33. The van der Waals surface area contributed by atoms with Crippen LogP contribution < -0.4 is 0 Å². The molecule has 28 heavy (non-hydrogen) atoms. The van der Waals surface area contributed by atoms with Crippen LogP contribution in [0.4, 0.5) is 4.39 Å². The Morgan fingerprint density at radius 1 is 0.893 bits per heavy atom. The van der Waals surface area contributed by atoms with Gasteiger partial charge < -0.3 is 14.2 Å². The molecule has 0 atom stereocenters. The molecule has 2 heterocycles. The molecule has 144 valence electrons. The van der Waals surface area contributed by atoms with E-state index in [1.54, 1.807) is 34.1 Å². The molecule has 5 nitrogen and oxygen atoms in total. The molecule has 0 spiro atoms. The van der Waals surface area contributed by atoms with E-state index in [1.165, 1.54) is 12.1 Å². The Balaban J connectivity index is 1.44. The van der Waals surface area contributed by atoms with E-state index in [4.69, 9.17) is 27.6 Å². The van der Waals surface area contributed by atoms with Crippen LogP contribution in [0.2, 0.25) is 10.0 Å². The first-order chi connectivity index (χ1) is 13.4. The second-order valence-electron chi connectivity index (χ2n) is 6.50. The molecule has 4 rings (SSSR count). The first-order valence-corrected chi connectivity index (χ1v) is 9.40. The molecule has 2 aromatic carbocycles. The normalized spacial score (nSPS) is 14.5. The van der Waals surface area contributed by atoms with E-state index in [0.29, 0.717) is 36.8 Å². The molecule has 1 saturated heterocycles. The van der Waals surface area contributed by atoms with Gasteiger partial charge in [0.05, 0.1) is 10.6 Å². The molecule has 0 radical (unpaired) electrons. The lowest BCUT2D eigenvalue weighted by Crippen LogP contribution is -2.50. The monoisotopic (exact) mass is 420 g/mol. The van der Waals surface area contributed by atoms with Crippen molar-refractivity contribution in [2.45, 2.75) is 0 Å². The molecule has 8 heteroatoms. The Morgan fingerprint density at radius 3 is 2.25 bits per heavy atom. The number of benzene rings is 2. The number of hydrogen-bond donors (Lipinski definition) is 0. The predicted octanol–water partition coefficient (Wildman–Crippen LogP) is 4.48. The number of fused-ring (bicyclic) bond motifs is 1. The van der Waals surface area contributed by atoms with Crippen LogP contribution in [0, 0.1) is 5.82 Å². The van der Waals surface area contributed by atoms with E-state index in [-0.39, 0.29) is 28.2 Å². The van der Waals surface area contributed by atoms with E-state index in [1.807, 2.05) is 0 Å². The van der Waals surface area contributed by atoms with Crippen LogP contribution in [-0.2, 0) is 0 Å². The molecule has 0 bridgehead atoms. The van der Waals surface area contributed by atoms with Gasteiger partial charge in [0.25, 0.3) is 11.8 Å². The Kier molecular flexibility index (Phi) is 5.00. The Hall–Kier alpha value is -2.57. The maximum atomic E-state index is 13.2. The number of nitrogens with zero attached hydrogens (tertiary/aromatic N) is 2. The Labute approximate surface area is 170 Å². The van der Waals surface area contributed by atoms with Crippen molar-refractivity contribution in [1.82, 2.24) is 9.80 Å². The average Bonchev–Trinajstić information content (AvgIpc) is 3.10. The minimum atomic E-state index is -0.496. The minimum Gasteiger partial charge on any atom is -0.451 e. The summed E-state index contributed by atoms with van der Waals surface area (Å²) in [5.74, 6) is -0.780. The molecule has 0 aliphatic carbocycles.